The van der Waals surface area contributed by atoms with E-state index >= 15 is 0 Å². The molecule has 5 nitrogen and oxygen atoms in total. The van der Waals surface area contributed by atoms with E-state index in [-0.39, 0.29) is 47.9 Å². The van der Waals surface area contributed by atoms with Crippen molar-refractivity contribution in [2.24, 2.45) is 5.92 Å². The number of carbonyl (C=O) groups is 1. The normalized spacial score (nSPS) is 19.6. The van der Waals surface area contributed by atoms with Crippen LogP contribution in [0.4, 0.5) is 0 Å². The van der Waals surface area contributed by atoms with Crippen molar-refractivity contribution >= 4 is 16.0 Å². The SMILES string of the molecule is O=C([O-])CCCCC[C@@H]1CCN(S(=O)(=O)c2ccccc2)[C@@H]1c1ccccc1.[Na+]. The van der Waals surface area contributed by atoms with Gasteiger partial charge in [0.15, 0.2) is 0 Å². The van der Waals surface area contributed by atoms with Crippen LogP contribution in [0, 0.1) is 5.92 Å². The van der Waals surface area contributed by atoms with Gasteiger partial charge in [-0.05, 0) is 49.3 Å². The predicted molar refractivity (Wildman–Crippen MR) is 106 cm³/mol. The number of aliphatic carboxylic acids is 1. The van der Waals surface area contributed by atoms with Gasteiger partial charge >= 0.3 is 29.6 Å². The van der Waals surface area contributed by atoms with Crippen LogP contribution in [0.1, 0.15) is 50.1 Å². The van der Waals surface area contributed by atoms with Crippen LogP contribution < -0.4 is 34.7 Å². The van der Waals surface area contributed by atoms with Gasteiger partial charge in [0, 0.05) is 12.5 Å². The minimum Gasteiger partial charge on any atom is -0.550 e. The van der Waals surface area contributed by atoms with E-state index < -0.39 is 16.0 Å². The third-order valence-corrected chi connectivity index (χ3v) is 7.32. The van der Waals surface area contributed by atoms with Gasteiger partial charge in [0.1, 0.15) is 0 Å². The number of nitrogens with zero attached hydrogens (tertiary/aromatic N) is 1. The second kappa shape index (κ2) is 11.3. The molecule has 0 amide bonds. The molecule has 1 fully saturated rings. The molecule has 7 heteroatoms. The molecule has 1 aliphatic heterocycles. The molecule has 1 saturated heterocycles. The van der Waals surface area contributed by atoms with Crippen LogP contribution in [0.25, 0.3) is 0 Å². The molecule has 0 aromatic heterocycles. The van der Waals surface area contributed by atoms with Crippen molar-refractivity contribution in [1.82, 2.24) is 4.31 Å². The van der Waals surface area contributed by atoms with Crippen LogP contribution in [-0.4, -0.2) is 25.2 Å². The topological polar surface area (TPSA) is 77.5 Å². The second-order valence-electron chi connectivity index (χ2n) is 7.30. The molecular formula is C22H26NNaO4S. The van der Waals surface area contributed by atoms with Gasteiger partial charge in [-0.25, -0.2) is 8.42 Å². The van der Waals surface area contributed by atoms with Crippen LogP contribution in [0.2, 0.25) is 0 Å². The van der Waals surface area contributed by atoms with Crippen LogP contribution in [0.5, 0.6) is 0 Å². The predicted octanol–water partition coefficient (Wildman–Crippen LogP) is 0.143. The Morgan fingerprint density at radius 1 is 0.966 bits per heavy atom. The quantitative estimate of drug-likeness (QED) is 0.425. The zero-order valence-corrected chi connectivity index (χ0v) is 19.7. The third kappa shape index (κ3) is 6.15. The molecule has 2 aromatic carbocycles. The van der Waals surface area contributed by atoms with Crippen LogP contribution in [-0.2, 0) is 14.8 Å². The Kier molecular flexibility index (Phi) is 9.37. The second-order valence-corrected chi connectivity index (χ2v) is 9.19. The Morgan fingerprint density at radius 3 is 2.21 bits per heavy atom. The molecule has 2 atom stereocenters. The number of sulfonamides is 1. The van der Waals surface area contributed by atoms with Gasteiger partial charge in [-0.15, -0.1) is 0 Å². The van der Waals surface area contributed by atoms with Gasteiger partial charge in [0.2, 0.25) is 10.0 Å². The zero-order valence-electron chi connectivity index (χ0n) is 16.9. The fraction of sp³-hybridized carbons (Fsp3) is 0.409. The van der Waals surface area contributed by atoms with Gasteiger partial charge in [-0.3, -0.25) is 0 Å². The van der Waals surface area contributed by atoms with E-state index in [4.69, 9.17) is 0 Å². The molecule has 0 saturated carbocycles. The summed E-state index contributed by atoms with van der Waals surface area (Å²) in [6.07, 6.45) is 4.09. The van der Waals surface area contributed by atoms with Gasteiger partial charge in [0.05, 0.1) is 10.9 Å². The molecule has 29 heavy (non-hydrogen) atoms. The summed E-state index contributed by atoms with van der Waals surface area (Å²) in [6.45, 7) is 0.500. The summed E-state index contributed by atoms with van der Waals surface area (Å²) in [5.41, 5.74) is 1.01. The summed E-state index contributed by atoms with van der Waals surface area (Å²) in [7, 11) is -3.57. The molecule has 3 rings (SSSR count). The minimum absolute atomic E-state index is 0. The van der Waals surface area contributed by atoms with Crippen molar-refractivity contribution in [3.63, 3.8) is 0 Å². The molecule has 1 heterocycles. The largest absolute Gasteiger partial charge is 1.00 e. The molecular weight excluding hydrogens is 397 g/mol. The summed E-state index contributed by atoms with van der Waals surface area (Å²) in [5.74, 6) is -0.785. The molecule has 150 valence electrons. The van der Waals surface area contributed by atoms with Crippen LogP contribution in [0.15, 0.2) is 65.6 Å². The maximum absolute atomic E-state index is 13.3. The minimum atomic E-state index is -3.57. The molecule has 1 aliphatic rings. The Balaban J connectivity index is 0.00000300. The smallest absolute Gasteiger partial charge is 0.550 e. The average molecular weight is 424 g/mol. The van der Waals surface area contributed by atoms with Gasteiger partial charge in [0.25, 0.3) is 0 Å². The van der Waals surface area contributed by atoms with E-state index in [0.717, 1.165) is 31.2 Å². The Morgan fingerprint density at radius 2 is 1.59 bits per heavy atom. The molecule has 0 aliphatic carbocycles. The van der Waals surface area contributed by atoms with Crippen molar-refractivity contribution in [1.29, 1.82) is 0 Å². The number of carboxylic acid groups (broad SMARTS) is 1. The van der Waals surface area contributed by atoms with Crippen molar-refractivity contribution in [3.05, 3.63) is 66.2 Å². The Hall–Kier alpha value is -1.18. The third-order valence-electron chi connectivity index (χ3n) is 5.42. The van der Waals surface area contributed by atoms with E-state index in [1.807, 2.05) is 36.4 Å². The molecule has 0 bridgehead atoms. The van der Waals surface area contributed by atoms with Crippen molar-refractivity contribution in [3.8, 4) is 0 Å². The number of benzene rings is 2. The van der Waals surface area contributed by atoms with Crippen LogP contribution >= 0.6 is 0 Å². The summed E-state index contributed by atoms with van der Waals surface area (Å²) in [6, 6.07) is 18.2. The molecule has 0 N–H and O–H groups in total. The number of carbonyl (C=O) groups excluding carboxylic acids is 1. The summed E-state index contributed by atoms with van der Waals surface area (Å²) in [4.78, 5) is 10.9. The maximum atomic E-state index is 13.3. The van der Waals surface area contributed by atoms with Crippen molar-refractivity contribution in [2.75, 3.05) is 6.54 Å². The molecule has 0 radical (unpaired) electrons. The first-order valence-corrected chi connectivity index (χ1v) is 11.3. The number of hydrogen-bond donors (Lipinski definition) is 0. The van der Waals surface area contributed by atoms with Crippen molar-refractivity contribution in [2.45, 2.75) is 49.5 Å². The Bertz CT molecular complexity index is 874. The maximum Gasteiger partial charge on any atom is 1.00 e. The van der Waals surface area contributed by atoms with E-state index in [2.05, 4.69) is 0 Å². The van der Waals surface area contributed by atoms with E-state index in [1.54, 1.807) is 28.6 Å². The van der Waals surface area contributed by atoms with E-state index in [0.29, 0.717) is 17.9 Å². The number of unbranched alkanes of at least 4 members (excludes halogenated alkanes) is 2. The molecule has 0 unspecified atom stereocenters. The Labute approximate surface area is 195 Å². The number of rotatable bonds is 9. The van der Waals surface area contributed by atoms with Crippen molar-refractivity contribution < 1.29 is 47.9 Å². The fourth-order valence-electron chi connectivity index (χ4n) is 4.07. The molecule has 0 spiro atoms. The van der Waals surface area contributed by atoms with Gasteiger partial charge in [-0.2, -0.15) is 4.31 Å². The summed E-state index contributed by atoms with van der Waals surface area (Å²) >= 11 is 0. The fourth-order valence-corrected chi connectivity index (χ4v) is 5.78. The summed E-state index contributed by atoms with van der Waals surface area (Å²) < 4.78 is 28.2. The summed E-state index contributed by atoms with van der Waals surface area (Å²) in [5, 5.41) is 10.6. The van der Waals surface area contributed by atoms with Gasteiger partial charge < -0.3 is 9.90 Å². The first kappa shape index (κ1) is 24.1. The monoisotopic (exact) mass is 423 g/mol. The first-order valence-electron chi connectivity index (χ1n) is 9.82. The van der Waals surface area contributed by atoms with Crippen LogP contribution in [0.3, 0.4) is 0 Å². The van der Waals surface area contributed by atoms with E-state index in [1.165, 1.54) is 0 Å². The number of hydrogen-bond acceptors (Lipinski definition) is 4. The van der Waals surface area contributed by atoms with E-state index in [9.17, 15) is 18.3 Å². The van der Waals surface area contributed by atoms with Gasteiger partial charge in [-0.1, -0.05) is 61.4 Å². The zero-order chi connectivity index (χ0) is 20.0. The standard InChI is InChI=1S/C22H27NO4S.Na/c24-21(25)15-9-2-6-12-19-16-17-23(22(19)18-10-4-1-5-11-18)28(26,27)20-13-7-3-8-14-20;/h1,3-5,7-8,10-11,13-14,19,22H,2,6,9,12,15-17H2,(H,24,25);/q;+1/p-1/t19-,22-;/m1./s1. The number of carboxylic acids is 1. The average Bonchev–Trinajstić information content (AvgIpc) is 3.13. The molecule has 2 aromatic rings. The first-order chi connectivity index (χ1) is 13.5.